The van der Waals surface area contributed by atoms with Crippen LogP contribution in [0.1, 0.15) is 15.9 Å². The van der Waals surface area contributed by atoms with Crippen molar-refractivity contribution in [1.29, 1.82) is 0 Å². The molecular weight excluding hydrogens is 382 g/mol. The molecule has 2 aromatic carbocycles. The summed E-state index contributed by atoms with van der Waals surface area (Å²) in [6.07, 6.45) is 1.07. The highest BCUT2D eigenvalue weighted by Gasteiger charge is 2.20. The first kappa shape index (κ1) is 19.3. The zero-order valence-electron chi connectivity index (χ0n) is 13.5. The molecule has 2 rings (SSSR count). The fourth-order valence-electron chi connectivity index (χ4n) is 2.08. The van der Waals surface area contributed by atoms with Gasteiger partial charge in [0.2, 0.25) is 0 Å². The van der Waals surface area contributed by atoms with Gasteiger partial charge in [-0.05, 0) is 36.8 Å². The zero-order chi connectivity index (χ0) is 18.8. The molecule has 9 heteroatoms. The number of aryl methyl sites for hydroxylation is 1. The highest BCUT2D eigenvalue weighted by atomic mass is 35.5. The minimum absolute atomic E-state index is 0.0113. The lowest BCUT2D eigenvalue weighted by atomic mass is 10.1. The number of hydrogen-bond acceptors (Lipinski definition) is 4. The Bertz CT molecular complexity index is 969. The number of aliphatic imine (C=N–C) groups is 1. The fraction of sp³-hybridized carbons (Fsp3) is 0.125. The zero-order valence-corrected chi connectivity index (χ0v) is 15.9. The molecule has 1 amide bonds. The molecule has 0 saturated carbocycles. The van der Waals surface area contributed by atoms with Crippen molar-refractivity contribution in [3.8, 4) is 0 Å². The van der Waals surface area contributed by atoms with Gasteiger partial charge in [0.15, 0.2) is 15.8 Å². The minimum atomic E-state index is -3.59. The van der Waals surface area contributed by atoms with Crippen LogP contribution in [0, 0.1) is 6.92 Å². The Kier molecular flexibility index (Phi) is 5.76. The molecule has 4 N–H and O–H groups in total. The Hall–Kier alpha value is -2.03. The molecule has 0 aliphatic heterocycles. The summed E-state index contributed by atoms with van der Waals surface area (Å²) in [4.78, 5) is 16.8. The Morgan fingerprint density at radius 2 is 1.80 bits per heavy atom. The largest absolute Gasteiger partial charge is 0.370 e. The van der Waals surface area contributed by atoms with E-state index in [4.69, 9.17) is 23.1 Å². The summed E-state index contributed by atoms with van der Waals surface area (Å²) >= 11 is 7.36. The second kappa shape index (κ2) is 7.47. The van der Waals surface area contributed by atoms with Gasteiger partial charge >= 0.3 is 0 Å². The molecule has 25 heavy (non-hydrogen) atoms. The summed E-state index contributed by atoms with van der Waals surface area (Å²) in [6.45, 7) is 1.68. The van der Waals surface area contributed by atoms with Crippen LogP contribution in [0.2, 0.25) is 5.02 Å². The molecule has 0 heterocycles. The summed E-state index contributed by atoms with van der Waals surface area (Å²) in [5.74, 6) is -1.09. The van der Waals surface area contributed by atoms with Gasteiger partial charge in [-0.15, -0.1) is 0 Å². The molecule has 0 radical (unpaired) electrons. The highest BCUT2D eigenvalue weighted by Crippen LogP contribution is 2.38. The second-order valence-corrected chi connectivity index (χ2v) is 8.74. The summed E-state index contributed by atoms with van der Waals surface area (Å²) in [5.41, 5.74) is 11.1. The van der Waals surface area contributed by atoms with Crippen molar-refractivity contribution in [2.45, 2.75) is 21.6 Å². The minimum Gasteiger partial charge on any atom is -0.370 e. The Morgan fingerprint density at radius 1 is 1.16 bits per heavy atom. The van der Waals surface area contributed by atoms with Crippen LogP contribution in [-0.4, -0.2) is 26.5 Å². The third-order valence-corrected chi connectivity index (χ3v) is 6.05. The van der Waals surface area contributed by atoms with E-state index >= 15 is 0 Å². The Balaban J connectivity index is 2.62. The fourth-order valence-corrected chi connectivity index (χ4v) is 4.62. The van der Waals surface area contributed by atoms with Crippen LogP contribution in [0.15, 0.2) is 56.1 Å². The van der Waals surface area contributed by atoms with E-state index in [0.29, 0.717) is 20.4 Å². The van der Waals surface area contributed by atoms with Gasteiger partial charge in [0.25, 0.3) is 5.91 Å². The molecule has 0 aromatic heterocycles. The van der Waals surface area contributed by atoms with Gasteiger partial charge in [-0.1, -0.05) is 35.5 Å². The van der Waals surface area contributed by atoms with Crippen LogP contribution in [0.4, 0.5) is 0 Å². The van der Waals surface area contributed by atoms with Gasteiger partial charge in [-0.3, -0.25) is 4.79 Å². The number of amides is 1. The van der Waals surface area contributed by atoms with E-state index in [0.717, 1.165) is 6.26 Å². The number of carbonyl (C=O) groups excluding carboxylic acids is 1. The first-order valence-electron chi connectivity index (χ1n) is 7.00. The molecule has 0 aliphatic rings. The van der Waals surface area contributed by atoms with E-state index < -0.39 is 15.7 Å². The molecular formula is C16H16ClN3O3S2. The predicted molar refractivity (Wildman–Crippen MR) is 100 cm³/mol. The van der Waals surface area contributed by atoms with Crippen molar-refractivity contribution < 1.29 is 13.2 Å². The summed E-state index contributed by atoms with van der Waals surface area (Å²) in [6, 6.07) is 9.99. The third-order valence-electron chi connectivity index (χ3n) is 3.21. The van der Waals surface area contributed by atoms with Crippen molar-refractivity contribution >= 4 is 45.1 Å². The standard InChI is InChI=1S/C16H16ClN3O3S2/c1-9-7-13(24-12-6-4-3-5-11(12)17)14(25(2,22)23)8-10(9)15(21)20-16(18)19/h3-8H,1-2H3,(H4,18,19,20,21). The number of guanidine groups is 1. The number of benzene rings is 2. The SMILES string of the molecule is Cc1cc(Sc2ccccc2Cl)c(S(C)(=O)=O)cc1C(=O)N=C(N)N. The molecule has 0 atom stereocenters. The molecule has 0 spiro atoms. The number of sulfone groups is 1. The van der Waals surface area contributed by atoms with Gasteiger partial charge in [-0.25, -0.2) is 8.42 Å². The molecule has 0 saturated heterocycles. The van der Waals surface area contributed by atoms with Crippen molar-refractivity contribution in [1.82, 2.24) is 0 Å². The first-order valence-corrected chi connectivity index (χ1v) is 10.1. The monoisotopic (exact) mass is 397 g/mol. The molecule has 0 aliphatic carbocycles. The highest BCUT2D eigenvalue weighted by molar-refractivity contribution is 8.00. The maximum Gasteiger partial charge on any atom is 0.280 e. The van der Waals surface area contributed by atoms with Crippen LogP contribution < -0.4 is 11.5 Å². The number of nitrogens with zero attached hydrogens (tertiary/aromatic N) is 1. The van der Waals surface area contributed by atoms with Crippen LogP contribution >= 0.6 is 23.4 Å². The van der Waals surface area contributed by atoms with Gasteiger partial charge in [0.1, 0.15) is 0 Å². The lowest BCUT2D eigenvalue weighted by molar-refractivity contribution is 0.100. The van der Waals surface area contributed by atoms with Gasteiger partial charge in [0, 0.05) is 21.6 Å². The van der Waals surface area contributed by atoms with Crippen LogP contribution in [-0.2, 0) is 9.84 Å². The lowest BCUT2D eigenvalue weighted by Crippen LogP contribution is -2.24. The predicted octanol–water partition coefficient (Wildman–Crippen LogP) is 2.62. The maximum absolute atomic E-state index is 12.2. The van der Waals surface area contributed by atoms with Gasteiger partial charge in [0.05, 0.1) is 9.92 Å². The molecule has 132 valence electrons. The quantitative estimate of drug-likeness (QED) is 0.605. The van der Waals surface area contributed by atoms with Crippen LogP contribution in [0.3, 0.4) is 0 Å². The van der Waals surface area contributed by atoms with Crippen molar-refractivity contribution in [3.63, 3.8) is 0 Å². The smallest absolute Gasteiger partial charge is 0.280 e. The maximum atomic E-state index is 12.2. The van der Waals surface area contributed by atoms with Gasteiger partial charge < -0.3 is 11.5 Å². The number of hydrogen-bond donors (Lipinski definition) is 2. The number of carbonyl (C=O) groups is 1. The average molecular weight is 398 g/mol. The van der Waals surface area contributed by atoms with Crippen molar-refractivity contribution in [2.24, 2.45) is 16.5 Å². The van der Waals surface area contributed by atoms with E-state index in [1.165, 1.54) is 17.8 Å². The lowest BCUT2D eigenvalue weighted by Gasteiger charge is -2.12. The number of rotatable bonds is 4. The normalized spacial score (nSPS) is 11.2. The van der Waals surface area contributed by atoms with E-state index in [-0.39, 0.29) is 16.4 Å². The Morgan fingerprint density at radius 3 is 2.36 bits per heavy atom. The second-order valence-electron chi connectivity index (χ2n) is 5.26. The van der Waals surface area contributed by atoms with E-state index in [1.54, 1.807) is 37.3 Å². The Labute approximate surface area is 155 Å². The molecule has 0 fully saturated rings. The topological polar surface area (TPSA) is 116 Å². The van der Waals surface area contributed by atoms with Crippen LogP contribution in [0.25, 0.3) is 0 Å². The molecule has 6 nitrogen and oxygen atoms in total. The summed E-state index contributed by atoms with van der Waals surface area (Å²) in [7, 11) is -3.59. The molecule has 0 unspecified atom stereocenters. The summed E-state index contributed by atoms with van der Waals surface area (Å²) < 4.78 is 24.4. The van der Waals surface area contributed by atoms with Crippen molar-refractivity contribution in [3.05, 3.63) is 52.5 Å². The number of halogens is 1. The van der Waals surface area contributed by atoms with Gasteiger partial charge in [-0.2, -0.15) is 4.99 Å². The molecule has 2 aromatic rings. The number of nitrogens with two attached hydrogens (primary N) is 2. The first-order chi connectivity index (χ1) is 11.6. The molecule has 0 bridgehead atoms. The van der Waals surface area contributed by atoms with E-state index in [2.05, 4.69) is 4.99 Å². The van der Waals surface area contributed by atoms with Crippen molar-refractivity contribution in [2.75, 3.05) is 6.26 Å². The summed E-state index contributed by atoms with van der Waals surface area (Å²) in [5, 5.41) is 0.505. The average Bonchev–Trinajstić information content (AvgIpc) is 2.47. The van der Waals surface area contributed by atoms with E-state index in [1.807, 2.05) is 0 Å². The third kappa shape index (κ3) is 4.75. The van der Waals surface area contributed by atoms with Crippen LogP contribution in [0.5, 0.6) is 0 Å². The van der Waals surface area contributed by atoms with E-state index in [9.17, 15) is 13.2 Å².